The number of hydrogen-bond acceptors (Lipinski definition) is 0. The fraction of sp³-hybridized carbons (Fsp3) is 1.00. The van der Waals surface area contributed by atoms with Gasteiger partial charge in [0.2, 0.25) is 0 Å². The molecule has 0 heteroatoms. The lowest BCUT2D eigenvalue weighted by Crippen LogP contribution is -2.50. The maximum Gasteiger partial charge on any atom is -0.0238 e. The molecule has 0 aromatic heterocycles. The Hall–Kier alpha value is 0. The summed E-state index contributed by atoms with van der Waals surface area (Å²) in [6.45, 7) is 24.6. The van der Waals surface area contributed by atoms with Crippen molar-refractivity contribution in [3.05, 3.63) is 0 Å². The van der Waals surface area contributed by atoms with Gasteiger partial charge < -0.3 is 0 Å². The molecule has 0 aliphatic heterocycles. The average Bonchev–Trinajstić information content (AvgIpc) is 1.32. The van der Waals surface area contributed by atoms with Crippen molar-refractivity contribution in [3.8, 4) is 0 Å². The molecule has 18 unspecified atom stereocenters. The quantitative estimate of drug-likeness (QED) is 0.227. The van der Waals surface area contributed by atoms with Gasteiger partial charge in [0.05, 0.1) is 0 Å². The molecular weight excluding hydrogens is 1440 g/mol. The largest absolute Gasteiger partial charge is 0.0625 e. The van der Waals surface area contributed by atoms with Crippen LogP contribution in [0.1, 0.15) is 557 Å². The van der Waals surface area contributed by atoms with Crippen molar-refractivity contribution < 1.29 is 0 Å². The van der Waals surface area contributed by atoms with E-state index < -0.39 is 0 Å². The molecule has 25 saturated carbocycles. The molecule has 25 fully saturated rings. The molecule has 0 aromatic carbocycles. The summed E-state index contributed by atoms with van der Waals surface area (Å²) in [5, 5.41) is 0. The zero-order chi connectivity index (χ0) is 82.9. The van der Waals surface area contributed by atoms with Crippen LogP contribution in [0.25, 0.3) is 0 Å². The Balaban J connectivity index is 0.0000000996. The Labute approximate surface area is 750 Å². The molecule has 0 saturated heterocycles. The highest BCUT2D eigenvalue weighted by atomic mass is 14.6. The third kappa shape index (κ3) is 23.0. The van der Waals surface area contributed by atoms with Crippen molar-refractivity contribution in [1.82, 2.24) is 0 Å². The lowest BCUT2D eigenvalue weighted by Gasteiger charge is -2.61. The molecule has 25 aliphatic rings. The average molecular weight is 1650 g/mol. The first kappa shape index (κ1) is 93.2. The summed E-state index contributed by atoms with van der Waals surface area (Å²) in [5.74, 6) is 31.2. The van der Waals surface area contributed by atoms with Crippen molar-refractivity contribution in [2.45, 2.75) is 557 Å². The second-order valence-corrected chi connectivity index (χ2v) is 54.1. The van der Waals surface area contributed by atoms with E-state index >= 15 is 0 Å². The van der Waals surface area contributed by atoms with E-state index in [1.54, 1.807) is 295 Å². The summed E-state index contributed by atoms with van der Waals surface area (Å²) in [6, 6.07) is 0. The van der Waals surface area contributed by atoms with Crippen LogP contribution in [0.5, 0.6) is 0 Å². The van der Waals surface area contributed by atoms with Crippen molar-refractivity contribution in [2.75, 3.05) is 0 Å². The first-order chi connectivity index (χ1) is 58.2. The molecule has 4 spiro atoms. The maximum atomic E-state index is 2.52. The van der Waals surface area contributed by atoms with Crippen molar-refractivity contribution in [3.63, 3.8) is 0 Å². The Morgan fingerprint density at radius 1 is 0.142 bits per heavy atom. The first-order valence-corrected chi connectivity index (χ1v) is 58.2. The summed E-state index contributed by atoms with van der Waals surface area (Å²) in [4.78, 5) is 0. The van der Waals surface area contributed by atoms with Gasteiger partial charge in [0, 0.05) is 0 Å². The van der Waals surface area contributed by atoms with Crippen LogP contribution in [0, 0.1) is 198 Å². The highest BCUT2D eigenvalue weighted by Gasteiger charge is 2.57. The molecule has 0 heterocycles. The van der Waals surface area contributed by atoms with E-state index in [-0.39, 0.29) is 0 Å². The van der Waals surface area contributed by atoms with Gasteiger partial charge in [-0.25, -0.2) is 0 Å². The minimum absolute atomic E-state index is 0.821. The van der Waals surface area contributed by atoms with Crippen LogP contribution in [-0.4, -0.2) is 0 Å². The Morgan fingerprint density at radius 2 is 0.500 bits per heavy atom. The van der Waals surface area contributed by atoms with Gasteiger partial charge in [-0.3, -0.25) is 0 Å². The fourth-order valence-electron chi connectivity index (χ4n) is 39.7. The molecule has 0 aromatic rings. The fourth-order valence-corrected chi connectivity index (χ4v) is 39.7. The van der Waals surface area contributed by atoms with Gasteiger partial charge in [-0.2, -0.15) is 0 Å². The molecule has 120 heavy (non-hydrogen) atoms. The maximum absolute atomic E-state index is 2.52. The first-order valence-electron chi connectivity index (χ1n) is 58.2. The molecular formula is C120H210. The summed E-state index contributed by atoms with van der Waals surface area (Å²) in [5.41, 5.74) is 5.07. The van der Waals surface area contributed by atoms with Crippen molar-refractivity contribution in [1.29, 1.82) is 0 Å². The molecule has 25 aliphatic carbocycles. The highest BCUT2D eigenvalue weighted by Crippen LogP contribution is 2.68. The van der Waals surface area contributed by atoms with E-state index in [1.807, 2.05) is 0 Å². The van der Waals surface area contributed by atoms with Gasteiger partial charge in [-0.15, -0.1) is 0 Å². The SMILES string of the molecule is C[C@@H]1CC2CC1C1CCCC21.C[C@@H]1CC2CC1C1CCCCC21.C[C@@H]1CCC2(CCC2)C1.C[C@@H]1CCC2(CCCC2)C1.C[C@@H]1CCC2(CCCCC2)C1.C[C@@H]1CCC23CCCCC2(CCCC3)C1.C[C@@H]1CCC2CC3CCCCC3CC2C1.C[C@@H]1CCC2CCCC(C2)C1.C[C@@H]1CCCC2(CCCCC2)C1.C[C@@H]1CCCC2C3CCCCC3CC21. The predicted molar refractivity (Wildman–Crippen MR) is 520 cm³/mol. The van der Waals surface area contributed by atoms with Gasteiger partial charge in [-0.05, 0) is 449 Å². The van der Waals surface area contributed by atoms with E-state index in [9.17, 15) is 0 Å². The third-order valence-corrected chi connectivity index (χ3v) is 45.8. The molecule has 690 valence electrons. The van der Waals surface area contributed by atoms with E-state index in [0.29, 0.717) is 0 Å². The Kier molecular flexibility index (Phi) is 33.5. The highest BCUT2D eigenvalue weighted by molar-refractivity contribution is 5.08. The molecule has 0 radical (unpaired) electrons. The molecule has 6 bridgehead atoms. The number of fused-ring (bicyclic) bond motifs is 17. The molecule has 28 atom stereocenters. The van der Waals surface area contributed by atoms with Gasteiger partial charge in [0.15, 0.2) is 0 Å². The normalized spacial score (nSPS) is 47.0. The minimum Gasteiger partial charge on any atom is -0.0625 e. The minimum atomic E-state index is 0.821. The second kappa shape index (κ2) is 43.1. The zero-order valence-electron chi connectivity index (χ0n) is 82.9. The van der Waals surface area contributed by atoms with Gasteiger partial charge in [0.1, 0.15) is 0 Å². The predicted octanol–water partition coefficient (Wildman–Crippen LogP) is 38.2. The van der Waals surface area contributed by atoms with Crippen LogP contribution in [-0.2, 0) is 0 Å². The van der Waals surface area contributed by atoms with Crippen LogP contribution in [0.4, 0.5) is 0 Å². The van der Waals surface area contributed by atoms with Crippen LogP contribution >= 0.6 is 0 Å². The summed E-state index contributed by atoms with van der Waals surface area (Å²) >= 11 is 0. The third-order valence-electron chi connectivity index (χ3n) is 45.8. The van der Waals surface area contributed by atoms with Crippen molar-refractivity contribution >= 4 is 0 Å². The topological polar surface area (TPSA) is 0 Å². The molecule has 0 nitrogen and oxygen atoms in total. The lowest BCUT2D eigenvalue weighted by atomic mass is 9.44. The molecule has 25 rings (SSSR count). The Bertz CT molecular complexity index is 2920. The van der Waals surface area contributed by atoms with Crippen LogP contribution in [0.3, 0.4) is 0 Å². The molecule has 0 amide bonds. The number of hydrogen-bond donors (Lipinski definition) is 0. The van der Waals surface area contributed by atoms with E-state index in [1.165, 1.54) is 222 Å². The molecule has 0 N–H and O–H groups in total. The summed E-state index contributed by atoms with van der Waals surface area (Å²) in [6.07, 6.45) is 118. The lowest BCUT2D eigenvalue weighted by molar-refractivity contribution is -0.105. The monoisotopic (exact) mass is 1650 g/mol. The second-order valence-electron chi connectivity index (χ2n) is 54.1. The van der Waals surface area contributed by atoms with E-state index in [2.05, 4.69) is 69.2 Å². The van der Waals surface area contributed by atoms with E-state index in [4.69, 9.17) is 0 Å². The van der Waals surface area contributed by atoms with Crippen molar-refractivity contribution in [2.24, 2.45) is 198 Å². The van der Waals surface area contributed by atoms with Gasteiger partial charge in [-0.1, -0.05) is 307 Å². The van der Waals surface area contributed by atoms with Crippen LogP contribution in [0.2, 0.25) is 0 Å². The van der Waals surface area contributed by atoms with Gasteiger partial charge >= 0.3 is 0 Å². The van der Waals surface area contributed by atoms with Crippen LogP contribution < -0.4 is 0 Å². The standard InChI is InChI=1S/2C15H26.C14H24.C12H20.C12H22.C11H18.2C11H20.C10H18.C9H16/c1-13-6-11-14-7-2-4-9-15(14,12-13)10-5-3-8-14;1-11-6-7-14-9-12-4-2-3-5-13(12)10-15(14)8-11;1-10-5-4-8-13-12-7-3-2-6-11(12)9-14(10)13;1-8-6-9-7-12(8)11-5-3-2-4-10(9)11;1-11-6-5-9-12(10-11)7-3-2-4-8-12;1-7-5-8-6-11(7)10-4-2-3-9(8)10;1-9-5-6-10-3-2-4-11(7-9)8-10;1-10-5-8-11(9-10)6-3-2-4-7-11;1-9-4-7-10(8-9)5-2-3-6-10;1-8-3-6-9(7-8)4-2-5-9/h13H,2-12H2,1H3;11-15H,2-10H2,1H3;10-14H,2-9H2,1H3;8-12H,2-7H2,1H3;11H,2-10H2,1H3;7-11H,2-6H2,1H3;9-11H,2-8H2,1H3;10H,2-9H2,1H3;9H,2-8H2,1H3;8H,2-7H2,1H3/t13-,14?,15?;11-,12?,13?,14?,15?;10-,11?,12?,13?,14?;8-,9?,10?,11?,12?;11-;7-,8?,9?,10?,11?;9-,10?,11?;10-;9-;8-/m1111111111/s1. The zero-order valence-corrected chi connectivity index (χ0v) is 82.9. The number of rotatable bonds is 0. The summed E-state index contributed by atoms with van der Waals surface area (Å²) in [7, 11) is 0. The smallest absolute Gasteiger partial charge is 0.0238 e. The Morgan fingerprint density at radius 3 is 1.02 bits per heavy atom. The summed E-state index contributed by atoms with van der Waals surface area (Å²) < 4.78 is 0. The van der Waals surface area contributed by atoms with Crippen LogP contribution in [0.15, 0.2) is 0 Å². The van der Waals surface area contributed by atoms with E-state index in [0.717, 1.165) is 169 Å². The van der Waals surface area contributed by atoms with Gasteiger partial charge in [0.25, 0.3) is 0 Å².